The molecule has 0 spiro atoms. The molecule has 1 fully saturated rings. The highest BCUT2D eigenvalue weighted by atomic mass is 79.9. The Labute approximate surface area is 194 Å². The second-order valence-corrected chi connectivity index (χ2v) is 7.98. The number of hydrogen-bond acceptors (Lipinski definition) is 6. The summed E-state index contributed by atoms with van der Waals surface area (Å²) in [5.74, 6) is 0.669. The summed E-state index contributed by atoms with van der Waals surface area (Å²) in [6.07, 6.45) is 5.35. The quantitative estimate of drug-likeness (QED) is 0.344. The highest BCUT2D eigenvalue weighted by Gasteiger charge is 2.19. The van der Waals surface area contributed by atoms with Gasteiger partial charge in [0, 0.05) is 6.42 Å². The van der Waals surface area contributed by atoms with Gasteiger partial charge in [-0.2, -0.15) is 0 Å². The van der Waals surface area contributed by atoms with Gasteiger partial charge in [-0.25, -0.2) is 4.39 Å². The Morgan fingerprint density at radius 3 is 2.59 bits per heavy atom. The van der Waals surface area contributed by atoms with Gasteiger partial charge in [0.05, 0.1) is 24.3 Å². The fourth-order valence-corrected chi connectivity index (χ4v) is 3.14. The molecule has 1 aliphatic carbocycles. The number of rotatable bonds is 8. The molecule has 2 aromatic carbocycles. The SMILES string of the molecule is C1CC1.COC(=O)CCc1cccc(OCc2noc(-c3cc(OC)ccc3F)c2Br)c1. The molecule has 0 aliphatic heterocycles. The Bertz CT molecular complexity index is 1050. The van der Waals surface area contributed by atoms with E-state index in [4.69, 9.17) is 14.0 Å². The third kappa shape index (κ3) is 6.82. The topological polar surface area (TPSA) is 70.8 Å². The van der Waals surface area contributed by atoms with Crippen LogP contribution in [0, 0.1) is 5.82 Å². The molecule has 8 heteroatoms. The average Bonchev–Trinajstić information content (AvgIpc) is 3.66. The van der Waals surface area contributed by atoms with Crippen LogP contribution < -0.4 is 9.47 Å². The van der Waals surface area contributed by atoms with E-state index in [9.17, 15) is 9.18 Å². The van der Waals surface area contributed by atoms with Crippen LogP contribution in [-0.4, -0.2) is 25.3 Å². The van der Waals surface area contributed by atoms with E-state index in [0.29, 0.717) is 34.5 Å². The zero-order valence-corrected chi connectivity index (χ0v) is 19.6. The zero-order chi connectivity index (χ0) is 22.9. The first-order chi connectivity index (χ1) is 15.5. The predicted molar refractivity (Wildman–Crippen MR) is 121 cm³/mol. The third-order valence-electron chi connectivity index (χ3n) is 4.59. The molecule has 0 saturated heterocycles. The Balaban J connectivity index is 0.000000887. The van der Waals surface area contributed by atoms with Gasteiger partial charge in [0.25, 0.3) is 0 Å². The fraction of sp³-hybridized carbons (Fsp3) is 0.333. The molecular weight excluding hydrogens is 481 g/mol. The van der Waals surface area contributed by atoms with Crippen LogP contribution in [0.15, 0.2) is 51.5 Å². The lowest BCUT2D eigenvalue weighted by molar-refractivity contribution is -0.140. The number of aryl methyl sites for hydroxylation is 1. The van der Waals surface area contributed by atoms with Crippen LogP contribution in [0.4, 0.5) is 4.39 Å². The van der Waals surface area contributed by atoms with Gasteiger partial charge in [-0.05, 0) is 58.2 Å². The van der Waals surface area contributed by atoms with E-state index < -0.39 is 5.82 Å². The maximum Gasteiger partial charge on any atom is 0.305 e. The van der Waals surface area contributed by atoms with Gasteiger partial charge < -0.3 is 18.7 Å². The lowest BCUT2D eigenvalue weighted by Gasteiger charge is -2.07. The van der Waals surface area contributed by atoms with Crippen molar-refractivity contribution in [3.8, 4) is 22.8 Å². The minimum Gasteiger partial charge on any atom is -0.497 e. The Hall–Kier alpha value is -2.87. The Kier molecular flexibility index (Phi) is 8.67. The van der Waals surface area contributed by atoms with Crippen molar-refractivity contribution >= 4 is 21.9 Å². The molecule has 0 atom stereocenters. The molecule has 0 N–H and O–H groups in total. The smallest absolute Gasteiger partial charge is 0.305 e. The molecule has 32 heavy (non-hydrogen) atoms. The second-order valence-electron chi connectivity index (χ2n) is 7.19. The first kappa shape index (κ1) is 23.8. The molecule has 6 nitrogen and oxygen atoms in total. The lowest BCUT2D eigenvalue weighted by Crippen LogP contribution is -2.02. The van der Waals surface area contributed by atoms with Crippen LogP contribution in [0.25, 0.3) is 11.3 Å². The zero-order valence-electron chi connectivity index (χ0n) is 18.0. The standard InChI is InChI=1S/C21H19BrFNO5.C3H6/c1-26-14-7-8-17(23)16(11-14)21-20(22)18(24-29-21)12-28-15-5-3-4-13(10-15)6-9-19(25)27-2;1-2-3-1/h3-5,7-8,10-11H,6,9,12H2,1-2H3;1-3H2. The minimum atomic E-state index is -0.451. The maximum absolute atomic E-state index is 14.2. The summed E-state index contributed by atoms with van der Waals surface area (Å²) in [5, 5.41) is 3.98. The molecule has 1 aliphatic rings. The van der Waals surface area contributed by atoms with Crippen LogP contribution in [0.1, 0.15) is 36.9 Å². The van der Waals surface area contributed by atoms with E-state index in [1.54, 1.807) is 6.07 Å². The molecule has 1 saturated carbocycles. The van der Waals surface area contributed by atoms with Crippen molar-refractivity contribution in [3.05, 3.63) is 64.0 Å². The van der Waals surface area contributed by atoms with Crippen LogP contribution in [0.5, 0.6) is 11.5 Å². The van der Waals surface area contributed by atoms with E-state index >= 15 is 0 Å². The first-order valence-electron chi connectivity index (χ1n) is 10.3. The van der Waals surface area contributed by atoms with E-state index in [-0.39, 0.29) is 23.9 Å². The largest absolute Gasteiger partial charge is 0.497 e. The molecular formula is C24H25BrFNO5. The summed E-state index contributed by atoms with van der Waals surface area (Å²) >= 11 is 3.41. The van der Waals surface area contributed by atoms with Crippen LogP contribution in [0.3, 0.4) is 0 Å². The van der Waals surface area contributed by atoms with Crippen molar-refractivity contribution in [2.24, 2.45) is 0 Å². The first-order valence-corrected chi connectivity index (χ1v) is 11.1. The lowest BCUT2D eigenvalue weighted by atomic mass is 10.1. The molecule has 0 unspecified atom stereocenters. The van der Waals surface area contributed by atoms with Crippen molar-refractivity contribution in [2.75, 3.05) is 14.2 Å². The number of nitrogens with zero attached hydrogens (tertiary/aromatic N) is 1. The number of aromatic nitrogens is 1. The maximum atomic E-state index is 14.2. The summed E-state index contributed by atoms with van der Waals surface area (Å²) in [6.45, 7) is 0.121. The molecule has 3 aromatic rings. The summed E-state index contributed by atoms with van der Waals surface area (Å²) < 4.78 is 35.6. The van der Waals surface area contributed by atoms with Crippen LogP contribution in [-0.2, 0) is 22.6 Å². The van der Waals surface area contributed by atoms with E-state index in [2.05, 4.69) is 25.8 Å². The molecule has 4 rings (SSSR count). The average molecular weight is 506 g/mol. The van der Waals surface area contributed by atoms with Gasteiger partial charge in [-0.1, -0.05) is 36.6 Å². The molecule has 170 valence electrons. The number of ether oxygens (including phenoxy) is 3. The fourth-order valence-electron chi connectivity index (χ4n) is 2.67. The van der Waals surface area contributed by atoms with Gasteiger partial charge in [-0.3, -0.25) is 4.79 Å². The van der Waals surface area contributed by atoms with Crippen molar-refractivity contribution < 1.29 is 27.9 Å². The van der Waals surface area contributed by atoms with Gasteiger partial charge in [0.15, 0.2) is 5.76 Å². The number of carbonyl (C=O) groups excluding carboxylic acids is 1. The van der Waals surface area contributed by atoms with Crippen molar-refractivity contribution in [2.45, 2.75) is 38.7 Å². The number of esters is 1. The number of benzene rings is 2. The summed E-state index contributed by atoms with van der Waals surface area (Å²) in [5.41, 5.74) is 1.67. The highest BCUT2D eigenvalue weighted by molar-refractivity contribution is 9.10. The summed E-state index contributed by atoms with van der Waals surface area (Å²) in [7, 11) is 2.87. The van der Waals surface area contributed by atoms with E-state index in [0.717, 1.165) is 5.56 Å². The van der Waals surface area contributed by atoms with Crippen molar-refractivity contribution in [3.63, 3.8) is 0 Å². The summed E-state index contributed by atoms with van der Waals surface area (Å²) in [4.78, 5) is 11.3. The van der Waals surface area contributed by atoms with E-state index in [1.807, 2.05) is 18.2 Å². The Morgan fingerprint density at radius 1 is 1.12 bits per heavy atom. The number of hydrogen-bond donors (Lipinski definition) is 0. The number of methoxy groups -OCH3 is 2. The van der Waals surface area contributed by atoms with Gasteiger partial charge >= 0.3 is 5.97 Å². The molecule has 0 amide bonds. The normalized spacial score (nSPS) is 11.9. The van der Waals surface area contributed by atoms with Crippen molar-refractivity contribution in [1.29, 1.82) is 0 Å². The minimum absolute atomic E-state index is 0.121. The summed E-state index contributed by atoms with van der Waals surface area (Å²) in [6, 6.07) is 11.8. The highest BCUT2D eigenvalue weighted by Crippen LogP contribution is 2.35. The number of halogens is 2. The monoisotopic (exact) mass is 505 g/mol. The van der Waals surface area contributed by atoms with E-state index in [1.165, 1.54) is 51.7 Å². The van der Waals surface area contributed by atoms with Gasteiger partial charge in [-0.15, -0.1) is 0 Å². The predicted octanol–water partition coefficient (Wildman–Crippen LogP) is 6.11. The molecule has 1 heterocycles. The molecule has 1 aromatic heterocycles. The number of carbonyl (C=O) groups is 1. The third-order valence-corrected chi connectivity index (χ3v) is 5.41. The van der Waals surface area contributed by atoms with Gasteiger partial charge in [0.2, 0.25) is 0 Å². The molecule has 0 bridgehead atoms. The van der Waals surface area contributed by atoms with Crippen LogP contribution in [0.2, 0.25) is 0 Å². The van der Waals surface area contributed by atoms with Crippen LogP contribution >= 0.6 is 15.9 Å². The molecule has 0 radical (unpaired) electrons. The van der Waals surface area contributed by atoms with Gasteiger partial charge in [0.1, 0.15) is 29.6 Å². The van der Waals surface area contributed by atoms with Crippen molar-refractivity contribution in [1.82, 2.24) is 5.16 Å². The second kappa shape index (κ2) is 11.7. The Morgan fingerprint density at radius 2 is 1.91 bits per heavy atom.